The topological polar surface area (TPSA) is 35.2 Å². The van der Waals surface area contributed by atoms with Crippen LogP contribution in [0.1, 0.15) is 24.1 Å². The second-order valence-corrected chi connectivity index (χ2v) is 5.44. The number of benzene rings is 2. The van der Waals surface area contributed by atoms with E-state index in [1.165, 1.54) is 18.2 Å². The fraction of sp³-hybridized carbons (Fsp3) is 0.200. The molecule has 2 N–H and O–H groups in total. The highest BCUT2D eigenvalue weighted by molar-refractivity contribution is 9.10. The van der Waals surface area contributed by atoms with Crippen molar-refractivity contribution in [3.63, 3.8) is 0 Å². The van der Waals surface area contributed by atoms with Gasteiger partial charge in [-0.3, -0.25) is 0 Å². The summed E-state index contributed by atoms with van der Waals surface area (Å²) in [5.41, 5.74) is 5.99. The molecule has 0 aromatic heterocycles. The number of nitrogens with two attached hydrogens (primary N) is 1. The summed E-state index contributed by atoms with van der Waals surface area (Å²) >= 11 is 2.96. The maximum absolute atomic E-state index is 13.8. The average molecular weight is 360 g/mol. The van der Waals surface area contributed by atoms with Crippen molar-refractivity contribution in [3.8, 4) is 5.75 Å². The summed E-state index contributed by atoms with van der Waals surface area (Å²) in [6.45, 7) is 1.31. The van der Waals surface area contributed by atoms with Gasteiger partial charge in [-0.1, -0.05) is 6.07 Å². The fourth-order valence-electron chi connectivity index (χ4n) is 1.77. The van der Waals surface area contributed by atoms with Crippen molar-refractivity contribution in [2.45, 2.75) is 19.6 Å². The van der Waals surface area contributed by atoms with Gasteiger partial charge in [-0.15, -0.1) is 0 Å². The molecule has 6 heteroatoms. The number of halogens is 4. The second kappa shape index (κ2) is 6.49. The number of rotatable bonds is 4. The van der Waals surface area contributed by atoms with Crippen LogP contribution in [-0.2, 0) is 6.61 Å². The maximum atomic E-state index is 13.8. The van der Waals surface area contributed by atoms with Crippen LogP contribution in [0.25, 0.3) is 0 Å². The van der Waals surface area contributed by atoms with E-state index >= 15 is 0 Å². The molecule has 0 aliphatic rings. The molecule has 0 unspecified atom stereocenters. The first kappa shape index (κ1) is 15.9. The lowest BCUT2D eigenvalue weighted by molar-refractivity contribution is 0.278. The highest BCUT2D eigenvalue weighted by Crippen LogP contribution is 2.25. The van der Waals surface area contributed by atoms with Crippen LogP contribution in [0.5, 0.6) is 5.75 Å². The average Bonchev–Trinajstić information content (AvgIpc) is 2.44. The molecule has 0 heterocycles. The molecular formula is C15H13BrF3NO. The van der Waals surface area contributed by atoms with E-state index in [0.717, 1.165) is 6.07 Å². The first-order valence-corrected chi connectivity index (χ1v) is 6.99. The minimum Gasteiger partial charge on any atom is -0.486 e. The van der Waals surface area contributed by atoms with Crippen LogP contribution >= 0.6 is 15.9 Å². The SMILES string of the molecule is C[C@H](N)c1ccc(OCc2c(F)ccc(Br)c2F)c(F)c1. The van der Waals surface area contributed by atoms with Crippen LogP contribution in [0.2, 0.25) is 0 Å². The van der Waals surface area contributed by atoms with Crippen LogP contribution < -0.4 is 10.5 Å². The molecule has 0 spiro atoms. The molecule has 0 fully saturated rings. The Morgan fingerprint density at radius 2 is 1.86 bits per heavy atom. The summed E-state index contributed by atoms with van der Waals surface area (Å²) in [6.07, 6.45) is 0. The maximum Gasteiger partial charge on any atom is 0.165 e. The lowest BCUT2D eigenvalue weighted by atomic mass is 10.1. The van der Waals surface area contributed by atoms with Crippen LogP contribution in [0.3, 0.4) is 0 Å². The van der Waals surface area contributed by atoms with Gasteiger partial charge < -0.3 is 10.5 Å². The van der Waals surface area contributed by atoms with Crippen LogP contribution in [0.4, 0.5) is 13.2 Å². The molecule has 0 saturated carbocycles. The summed E-state index contributed by atoms with van der Waals surface area (Å²) < 4.78 is 46.4. The van der Waals surface area contributed by atoms with Gasteiger partial charge in [-0.2, -0.15) is 0 Å². The van der Waals surface area contributed by atoms with Crippen molar-refractivity contribution >= 4 is 15.9 Å². The molecule has 0 aliphatic heterocycles. The molecular weight excluding hydrogens is 347 g/mol. The molecule has 0 amide bonds. The second-order valence-electron chi connectivity index (χ2n) is 4.59. The van der Waals surface area contributed by atoms with Crippen molar-refractivity contribution < 1.29 is 17.9 Å². The zero-order valence-corrected chi connectivity index (χ0v) is 12.8. The summed E-state index contributed by atoms with van der Waals surface area (Å²) in [7, 11) is 0. The van der Waals surface area contributed by atoms with E-state index in [0.29, 0.717) is 5.56 Å². The molecule has 112 valence electrons. The summed E-state index contributed by atoms with van der Waals surface area (Å²) in [4.78, 5) is 0. The van der Waals surface area contributed by atoms with Crippen molar-refractivity contribution in [2.24, 2.45) is 5.73 Å². The standard InChI is InChI=1S/C15H13BrF3NO/c1-8(20)9-2-5-14(13(18)6-9)21-7-10-12(17)4-3-11(16)15(10)19/h2-6,8H,7,20H2,1H3/t8-/m0/s1. The van der Waals surface area contributed by atoms with Gasteiger partial charge in [0.15, 0.2) is 11.6 Å². The van der Waals surface area contributed by atoms with Gasteiger partial charge in [0.1, 0.15) is 18.2 Å². The van der Waals surface area contributed by atoms with Crippen molar-refractivity contribution in [2.75, 3.05) is 0 Å². The first-order chi connectivity index (χ1) is 9.90. The van der Waals surface area contributed by atoms with E-state index in [-0.39, 0.29) is 21.8 Å². The number of hydrogen-bond acceptors (Lipinski definition) is 2. The smallest absolute Gasteiger partial charge is 0.165 e. The Bertz CT molecular complexity index is 662. The highest BCUT2D eigenvalue weighted by Gasteiger charge is 2.14. The quantitative estimate of drug-likeness (QED) is 0.817. The fourth-order valence-corrected chi connectivity index (χ4v) is 2.14. The molecule has 0 aliphatic carbocycles. The molecule has 0 radical (unpaired) electrons. The van der Waals surface area contributed by atoms with Gasteiger partial charge in [0.25, 0.3) is 0 Å². The third kappa shape index (κ3) is 3.57. The van der Waals surface area contributed by atoms with Crippen molar-refractivity contribution in [1.82, 2.24) is 0 Å². The highest BCUT2D eigenvalue weighted by atomic mass is 79.9. The molecule has 0 bridgehead atoms. The van der Waals surface area contributed by atoms with Crippen LogP contribution in [0, 0.1) is 17.5 Å². The molecule has 2 nitrogen and oxygen atoms in total. The molecule has 2 rings (SSSR count). The van der Waals surface area contributed by atoms with E-state index in [9.17, 15) is 13.2 Å². The van der Waals surface area contributed by atoms with Gasteiger partial charge in [-0.25, -0.2) is 13.2 Å². The Balaban J connectivity index is 2.19. The van der Waals surface area contributed by atoms with Gasteiger partial charge in [-0.05, 0) is 52.7 Å². The lowest BCUT2D eigenvalue weighted by Gasteiger charge is -2.12. The van der Waals surface area contributed by atoms with E-state index in [4.69, 9.17) is 10.5 Å². The summed E-state index contributed by atoms with van der Waals surface area (Å²) in [5, 5.41) is 0. The van der Waals surface area contributed by atoms with Gasteiger partial charge in [0.05, 0.1) is 10.0 Å². The van der Waals surface area contributed by atoms with Crippen LogP contribution in [0.15, 0.2) is 34.8 Å². The van der Waals surface area contributed by atoms with E-state index in [1.54, 1.807) is 13.0 Å². The van der Waals surface area contributed by atoms with Crippen LogP contribution in [-0.4, -0.2) is 0 Å². The Kier molecular flexibility index (Phi) is 4.90. The molecule has 2 aromatic carbocycles. The van der Waals surface area contributed by atoms with Gasteiger partial charge >= 0.3 is 0 Å². The third-order valence-electron chi connectivity index (χ3n) is 2.99. The third-order valence-corrected chi connectivity index (χ3v) is 3.61. The lowest BCUT2D eigenvalue weighted by Crippen LogP contribution is -2.07. The number of ether oxygens (including phenoxy) is 1. The minimum atomic E-state index is -0.761. The zero-order chi connectivity index (χ0) is 15.6. The Morgan fingerprint density at radius 1 is 1.14 bits per heavy atom. The first-order valence-electron chi connectivity index (χ1n) is 6.20. The Hall–Kier alpha value is -1.53. The molecule has 21 heavy (non-hydrogen) atoms. The normalized spacial score (nSPS) is 12.3. The largest absolute Gasteiger partial charge is 0.486 e. The molecule has 1 atom stereocenters. The molecule has 2 aromatic rings. The van der Waals surface area contributed by atoms with E-state index < -0.39 is 24.1 Å². The summed E-state index contributed by atoms with van der Waals surface area (Å²) in [6, 6.07) is 6.30. The predicted octanol–water partition coefficient (Wildman–Crippen LogP) is 4.47. The van der Waals surface area contributed by atoms with Gasteiger partial charge in [0.2, 0.25) is 0 Å². The Labute approximate surface area is 128 Å². The minimum absolute atomic E-state index is 0.0850. The monoisotopic (exact) mass is 359 g/mol. The van der Waals surface area contributed by atoms with Crippen molar-refractivity contribution in [1.29, 1.82) is 0 Å². The van der Waals surface area contributed by atoms with E-state index in [2.05, 4.69) is 15.9 Å². The van der Waals surface area contributed by atoms with Gasteiger partial charge in [0, 0.05) is 6.04 Å². The Morgan fingerprint density at radius 3 is 2.48 bits per heavy atom. The number of hydrogen-bond donors (Lipinski definition) is 1. The molecule has 0 saturated heterocycles. The zero-order valence-electron chi connectivity index (χ0n) is 11.2. The van der Waals surface area contributed by atoms with Crippen molar-refractivity contribution in [3.05, 3.63) is 63.4 Å². The predicted molar refractivity (Wildman–Crippen MR) is 77.4 cm³/mol. The summed E-state index contributed by atoms with van der Waals surface area (Å²) in [5.74, 6) is -2.22. The van der Waals surface area contributed by atoms with E-state index in [1.807, 2.05) is 0 Å².